The summed E-state index contributed by atoms with van der Waals surface area (Å²) in [7, 11) is 0. The molecule has 1 aromatic heterocycles. The molecule has 5 heteroatoms. The SMILES string of the molecule is CSc1nnc(C(CN)C(C)C)o1. The second-order valence-corrected chi connectivity index (χ2v) is 3.95. The maximum absolute atomic E-state index is 5.62. The van der Waals surface area contributed by atoms with Crippen molar-refractivity contribution in [3.05, 3.63) is 5.89 Å². The lowest BCUT2D eigenvalue weighted by Gasteiger charge is -2.13. The number of nitrogens with zero attached hydrogens (tertiary/aromatic N) is 2. The Kier molecular flexibility index (Phi) is 3.74. The molecule has 0 bridgehead atoms. The van der Waals surface area contributed by atoms with Crippen molar-refractivity contribution in [1.82, 2.24) is 10.2 Å². The van der Waals surface area contributed by atoms with Gasteiger partial charge in [0.2, 0.25) is 5.89 Å². The van der Waals surface area contributed by atoms with Crippen LogP contribution < -0.4 is 5.73 Å². The molecule has 0 aliphatic rings. The Morgan fingerprint density at radius 3 is 2.54 bits per heavy atom. The van der Waals surface area contributed by atoms with Gasteiger partial charge < -0.3 is 10.2 Å². The number of hydrogen-bond donors (Lipinski definition) is 1. The fourth-order valence-corrected chi connectivity index (χ4v) is 1.40. The van der Waals surface area contributed by atoms with Crippen LogP contribution in [0.5, 0.6) is 0 Å². The summed E-state index contributed by atoms with van der Waals surface area (Å²) in [6.07, 6.45) is 1.91. The van der Waals surface area contributed by atoms with E-state index in [1.54, 1.807) is 0 Å². The van der Waals surface area contributed by atoms with E-state index in [0.717, 1.165) is 0 Å². The number of aromatic nitrogens is 2. The summed E-state index contributed by atoms with van der Waals surface area (Å²) in [5, 5.41) is 8.44. The van der Waals surface area contributed by atoms with E-state index in [-0.39, 0.29) is 5.92 Å². The van der Waals surface area contributed by atoms with E-state index in [2.05, 4.69) is 24.0 Å². The molecule has 0 spiro atoms. The highest BCUT2D eigenvalue weighted by Gasteiger charge is 2.20. The first-order chi connectivity index (χ1) is 6.19. The first kappa shape index (κ1) is 10.5. The molecule has 1 heterocycles. The highest BCUT2D eigenvalue weighted by molar-refractivity contribution is 7.98. The van der Waals surface area contributed by atoms with E-state index < -0.39 is 0 Å². The Labute approximate surface area is 82.3 Å². The predicted octanol–water partition coefficient (Wildman–Crippen LogP) is 1.49. The van der Waals surface area contributed by atoms with Gasteiger partial charge in [-0.05, 0) is 12.2 Å². The van der Waals surface area contributed by atoms with Gasteiger partial charge in [-0.2, -0.15) is 0 Å². The Morgan fingerprint density at radius 2 is 2.15 bits per heavy atom. The monoisotopic (exact) mass is 201 g/mol. The Hall–Kier alpha value is -0.550. The Morgan fingerprint density at radius 1 is 1.46 bits per heavy atom. The topological polar surface area (TPSA) is 64.9 Å². The average molecular weight is 201 g/mol. The standard InChI is InChI=1S/C8H15N3OS/c1-5(2)6(4-9)7-10-11-8(12-7)13-3/h5-6H,4,9H2,1-3H3. The van der Waals surface area contributed by atoms with Crippen LogP contribution >= 0.6 is 11.8 Å². The molecular weight excluding hydrogens is 186 g/mol. The lowest BCUT2D eigenvalue weighted by Crippen LogP contribution is -2.18. The van der Waals surface area contributed by atoms with Gasteiger partial charge in [-0.15, -0.1) is 10.2 Å². The smallest absolute Gasteiger partial charge is 0.276 e. The summed E-state index contributed by atoms with van der Waals surface area (Å²) < 4.78 is 5.41. The normalized spacial score (nSPS) is 13.6. The summed E-state index contributed by atoms with van der Waals surface area (Å²) >= 11 is 1.45. The van der Waals surface area contributed by atoms with Crippen LogP contribution in [0.4, 0.5) is 0 Å². The molecule has 0 aliphatic carbocycles. The fourth-order valence-electron chi connectivity index (χ4n) is 1.11. The van der Waals surface area contributed by atoms with Crippen molar-refractivity contribution in [3.63, 3.8) is 0 Å². The fraction of sp³-hybridized carbons (Fsp3) is 0.750. The molecule has 1 aromatic rings. The third-order valence-corrected chi connectivity index (χ3v) is 2.49. The van der Waals surface area contributed by atoms with Crippen molar-refractivity contribution in [2.45, 2.75) is 25.0 Å². The van der Waals surface area contributed by atoms with Gasteiger partial charge >= 0.3 is 0 Å². The maximum Gasteiger partial charge on any atom is 0.276 e. The van der Waals surface area contributed by atoms with E-state index in [1.807, 2.05) is 6.26 Å². The highest BCUT2D eigenvalue weighted by atomic mass is 32.2. The molecule has 0 aliphatic heterocycles. The molecule has 4 nitrogen and oxygen atoms in total. The van der Waals surface area contributed by atoms with Crippen LogP contribution in [0.2, 0.25) is 0 Å². The molecule has 1 rings (SSSR count). The molecule has 1 unspecified atom stereocenters. The quantitative estimate of drug-likeness (QED) is 0.748. The minimum absolute atomic E-state index is 0.174. The molecule has 2 N–H and O–H groups in total. The second kappa shape index (κ2) is 4.62. The second-order valence-electron chi connectivity index (χ2n) is 3.20. The van der Waals surface area contributed by atoms with Gasteiger partial charge in [0, 0.05) is 6.54 Å². The van der Waals surface area contributed by atoms with E-state index in [1.165, 1.54) is 11.8 Å². The molecule has 0 fully saturated rings. The molecule has 0 saturated heterocycles. The van der Waals surface area contributed by atoms with Crippen LogP contribution in [0.1, 0.15) is 25.7 Å². The molecule has 1 atom stereocenters. The van der Waals surface area contributed by atoms with Gasteiger partial charge in [-0.3, -0.25) is 0 Å². The summed E-state index contributed by atoms with van der Waals surface area (Å²) in [6.45, 7) is 4.74. The predicted molar refractivity (Wildman–Crippen MR) is 52.7 cm³/mol. The van der Waals surface area contributed by atoms with Gasteiger partial charge in [0.05, 0.1) is 5.92 Å². The largest absolute Gasteiger partial charge is 0.416 e. The van der Waals surface area contributed by atoms with Crippen LogP contribution in [0, 0.1) is 5.92 Å². The van der Waals surface area contributed by atoms with Crippen LogP contribution in [0.3, 0.4) is 0 Å². The van der Waals surface area contributed by atoms with Crippen molar-refractivity contribution in [1.29, 1.82) is 0 Å². The van der Waals surface area contributed by atoms with E-state index in [0.29, 0.717) is 23.6 Å². The van der Waals surface area contributed by atoms with Gasteiger partial charge in [0.1, 0.15) is 0 Å². The summed E-state index contributed by atoms with van der Waals surface area (Å²) in [5.74, 6) is 1.26. The van der Waals surface area contributed by atoms with Crippen molar-refractivity contribution in [3.8, 4) is 0 Å². The molecule has 0 radical (unpaired) electrons. The zero-order valence-corrected chi connectivity index (χ0v) is 8.97. The number of nitrogens with two attached hydrogens (primary N) is 1. The first-order valence-electron chi connectivity index (χ1n) is 4.26. The Bertz CT molecular complexity index is 262. The molecule has 0 aromatic carbocycles. The van der Waals surface area contributed by atoms with Gasteiger partial charge in [0.15, 0.2) is 0 Å². The van der Waals surface area contributed by atoms with Gasteiger partial charge in [-0.25, -0.2) is 0 Å². The third kappa shape index (κ3) is 2.45. The zero-order valence-electron chi connectivity index (χ0n) is 8.15. The number of hydrogen-bond acceptors (Lipinski definition) is 5. The highest BCUT2D eigenvalue weighted by Crippen LogP contribution is 2.24. The average Bonchev–Trinajstić information content (AvgIpc) is 2.53. The van der Waals surface area contributed by atoms with Gasteiger partial charge in [0.25, 0.3) is 5.22 Å². The first-order valence-corrected chi connectivity index (χ1v) is 5.49. The van der Waals surface area contributed by atoms with Crippen LogP contribution in [-0.4, -0.2) is 23.0 Å². The molecule has 0 saturated carbocycles. The summed E-state index contributed by atoms with van der Waals surface area (Å²) in [5.41, 5.74) is 5.62. The van der Waals surface area contributed by atoms with Crippen molar-refractivity contribution in [2.75, 3.05) is 12.8 Å². The lowest BCUT2D eigenvalue weighted by atomic mass is 9.96. The van der Waals surface area contributed by atoms with Crippen LogP contribution in [-0.2, 0) is 0 Å². The number of rotatable bonds is 4. The molecule has 74 valence electrons. The minimum Gasteiger partial charge on any atom is -0.416 e. The van der Waals surface area contributed by atoms with E-state index >= 15 is 0 Å². The van der Waals surface area contributed by atoms with E-state index in [9.17, 15) is 0 Å². The molecule has 13 heavy (non-hydrogen) atoms. The minimum atomic E-state index is 0.174. The zero-order chi connectivity index (χ0) is 9.84. The molecular formula is C8H15N3OS. The maximum atomic E-state index is 5.62. The van der Waals surface area contributed by atoms with E-state index in [4.69, 9.17) is 10.2 Å². The van der Waals surface area contributed by atoms with Crippen LogP contribution in [0.25, 0.3) is 0 Å². The lowest BCUT2D eigenvalue weighted by molar-refractivity contribution is 0.348. The van der Waals surface area contributed by atoms with Gasteiger partial charge in [-0.1, -0.05) is 25.6 Å². The summed E-state index contributed by atoms with van der Waals surface area (Å²) in [4.78, 5) is 0. The molecule has 0 amide bonds. The van der Waals surface area contributed by atoms with Crippen molar-refractivity contribution < 1.29 is 4.42 Å². The third-order valence-electron chi connectivity index (χ3n) is 1.97. The Balaban J connectivity index is 2.79. The van der Waals surface area contributed by atoms with Crippen LogP contribution in [0.15, 0.2) is 9.64 Å². The number of thioether (sulfide) groups is 1. The van der Waals surface area contributed by atoms with Crippen molar-refractivity contribution in [2.24, 2.45) is 11.7 Å². The van der Waals surface area contributed by atoms with Crippen molar-refractivity contribution >= 4 is 11.8 Å². The summed E-state index contributed by atoms with van der Waals surface area (Å²) in [6, 6.07) is 0.